The standard InChI is InChI=1S/C12H14N2O5/c1-12(14-10(13)16,8-6-4-3-5-7-8)9(15)19-11(17)18-2/h3-7H,1-2H3,(H3,13,14,16). The van der Waals surface area contributed by atoms with E-state index >= 15 is 0 Å². The summed E-state index contributed by atoms with van der Waals surface area (Å²) < 4.78 is 8.68. The minimum Gasteiger partial charge on any atom is -0.437 e. The van der Waals surface area contributed by atoms with Gasteiger partial charge in [0.1, 0.15) is 0 Å². The minimum absolute atomic E-state index is 0.419. The number of methoxy groups -OCH3 is 1. The van der Waals surface area contributed by atoms with Gasteiger partial charge in [0.05, 0.1) is 7.11 Å². The van der Waals surface area contributed by atoms with Crippen molar-refractivity contribution >= 4 is 18.2 Å². The summed E-state index contributed by atoms with van der Waals surface area (Å²) >= 11 is 0. The first kappa shape index (κ1) is 14.5. The first-order chi connectivity index (χ1) is 8.90. The van der Waals surface area contributed by atoms with E-state index in [9.17, 15) is 14.4 Å². The molecule has 0 aliphatic rings. The Morgan fingerprint density at radius 1 is 1.21 bits per heavy atom. The summed E-state index contributed by atoms with van der Waals surface area (Å²) in [7, 11) is 1.07. The second kappa shape index (κ2) is 5.85. The van der Waals surface area contributed by atoms with Gasteiger partial charge in [-0.05, 0) is 12.5 Å². The van der Waals surface area contributed by atoms with Gasteiger partial charge in [0.15, 0.2) is 5.54 Å². The molecule has 0 radical (unpaired) electrons. The van der Waals surface area contributed by atoms with E-state index in [1.54, 1.807) is 30.3 Å². The fraction of sp³-hybridized carbons (Fsp3) is 0.250. The van der Waals surface area contributed by atoms with Gasteiger partial charge in [0.25, 0.3) is 0 Å². The Balaban J connectivity index is 3.09. The van der Waals surface area contributed by atoms with Crippen LogP contribution in [0.4, 0.5) is 9.59 Å². The third-order valence-electron chi connectivity index (χ3n) is 2.48. The van der Waals surface area contributed by atoms with E-state index < -0.39 is 23.7 Å². The molecule has 0 aromatic heterocycles. The van der Waals surface area contributed by atoms with E-state index in [1.807, 2.05) is 0 Å². The molecule has 0 aliphatic carbocycles. The van der Waals surface area contributed by atoms with Crippen molar-refractivity contribution in [3.63, 3.8) is 0 Å². The molecule has 3 N–H and O–H groups in total. The molecule has 0 saturated heterocycles. The molecule has 1 unspecified atom stereocenters. The van der Waals surface area contributed by atoms with Crippen molar-refractivity contribution in [1.82, 2.24) is 5.32 Å². The lowest BCUT2D eigenvalue weighted by molar-refractivity contribution is -0.146. The molecule has 1 rings (SSSR count). The monoisotopic (exact) mass is 266 g/mol. The van der Waals surface area contributed by atoms with Crippen molar-refractivity contribution in [1.29, 1.82) is 0 Å². The van der Waals surface area contributed by atoms with Gasteiger partial charge >= 0.3 is 18.2 Å². The third-order valence-corrected chi connectivity index (χ3v) is 2.48. The van der Waals surface area contributed by atoms with E-state index in [4.69, 9.17) is 5.73 Å². The van der Waals surface area contributed by atoms with Gasteiger partial charge in [-0.15, -0.1) is 0 Å². The number of nitrogens with one attached hydrogen (secondary N) is 1. The summed E-state index contributed by atoms with van der Waals surface area (Å²) in [6.45, 7) is 1.37. The van der Waals surface area contributed by atoms with Crippen LogP contribution in [0.1, 0.15) is 12.5 Å². The summed E-state index contributed by atoms with van der Waals surface area (Å²) in [4.78, 5) is 34.0. The van der Waals surface area contributed by atoms with E-state index in [-0.39, 0.29) is 0 Å². The lowest BCUT2D eigenvalue weighted by atomic mass is 9.92. The quantitative estimate of drug-likeness (QED) is 0.623. The molecule has 0 spiro atoms. The summed E-state index contributed by atoms with van der Waals surface area (Å²) in [6.07, 6.45) is -1.17. The van der Waals surface area contributed by atoms with E-state index in [0.717, 1.165) is 7.11 Å². The number of rotatable bonds is 3. The molecule has 1 aromatic carbocycles. The molecule has 1 atom stereocenters. The fourth-order valence-electron chi connectivity index (χ4n) is 1.48. The van der Waals surface area contributed by atoms with Crippen LogP contribution in [0.5, 0.6) is 0 Å². The smallest absolute Gasteiger partial charge is 0.437 e. The molecule has 19 heavy (non-hydrogen) atoms. The third kappa shape index (κ3) is 3.44. The van der Waals surface area contributed by atoms with Gasteiger partial charge in [-0.2, -0.15) is 0 Å². The Hall–Kier alpha value is -2.57. The Bertz CT molecular complexity index is 488. The molecule has 1 aromatic rings. The second-order valence-corrected chi connectivity index (χ2v) is 3.82. The fourth-order valence-corrected chi connectivity index (χ4v) is 1.48. The normalized spacial score (nSPS) is 12.9. The Morgan fingerprint density at radius 2 is 1.79 bits per heavy atom. The summed E-state index contributed by atoms with van der Waals surface area (Å²) in [6, 6.07) is 7.33. The highest BCUT2D eigenvalue weighted by atomic mass is 16.7. The largest absolute Gasteiger partial charge is 0.515 e. The summed E-state index contributed by atoms with van der Waals surface area (Å²) in [5.41, 5.74) is 3.88. The van der Waals surface area contributed by atoms with Crippen LogP contribution < -0.4 is 11.1 Å². The molecule has 7 heteroatoms. The van der Waals surface area contributed by atoms with Gasteiger partial charge in [0.2, 0.25) is 0 Å². The van der Waals surface area contributed by atoms with Crippen LogP contribution >= 0.6 is 0 Å². The number of ether oxygens (including phenoxy) is 2. The van der Waals surface area contributed by atoms with Crippen LogP contribution in [0.2, 0.25) is 0 Å². The number of benzene rings is 1. The molecule has 0 heterocycles. The number of hydrogen-bond acceptors (Lipinski definition) is 5. The highest BCUT2D eigenvalue weighted by Crippen LogP contribution is 2.22. The van der Waals surface area contributed by atoms with Gasteiger partial charge < -0.3 is 20.5 Å². The zero-order valence-electron chi connectivity index (χ0n) is 10.5. The van der Waals surface area contributed by atoms with Gasteiger partial charge in [-0.25, -0.2) is 14.4 Å². The van der Waals surface area contributed by atoms with Crippen LogP contribution in [0.15, 0.2) is 30.3 Å². The molecule has 102 valence electrons. The van der Waals surface area contributed by atoms with Crippen LogP contribution in [0.25, 0.3) is 0 Å². The van der Waals surface area contributed by atoms with Crippen molar-refractivity contribution in [3.8, 4) is 0 Å². The van der Waals surface area contributed by atoms with E-state index in [0.29, 0.717) is 5.56 Å². The molecule has 0 fully saturated rings. The van der Waals surface area contributed by atoms with Gasteiger partial charge in [0, 0.05) is 0 Å². The van der Waals surface area contributed by atoms with Crippen LogP contribution in [0.3, 0.4) is 0 Å². The topological polar surface area (TPSA) is 108 Å². The number of nitrogens with two attached hydrogens (primary N) is 1. The predicted molar refractivity (Wildman–Crippen MR) is 65.0 cm³/mol. The maximum atomic E-state index is 12.0. The molecular formula is C12H14N2O5. The van der Waals surface area contributed by atoms with Crippen molar-refractivity contribution in [2.75, 3.05) is 7.11 Å². The van der Waals surface area contributed by atoms with Crippen LogP contribution in [0, 0.1) is 0 Å². The van der Waals surface area contributed by atoms with Gasteiger partial charge in [-0.3, -0.25) is 0 Å². The highest BCUT2D eigenvalue weighted by Gasteiger charge is 2.39. The Labute approximate surface area is 109 Å². The van der Waals surface area contributed by atoms with E-state index in [1.165, 1.54) is 6.92 Å². The molecule has 2 amide bonds. The van der Waals surface area contributed by atoms with Crippen molar-refractivity contribution < 1.29 is 23.9 Å². The van der Waals surface area contributed by atoms with Gasteiger partial charge in [-0.1, -0.05) is 30.3 Å². The zero-order chi connectivity index (χ0) is 14.5. The van der Waals surface area contributed by atoms with E-state index in [2.05, 4.69) is 14.8 Å². The summed E-state index contributed by atoms with van der Waals surface area (Å²) in [5.74, 6) is -0.996. The zero-order valence-corrected chi connectivity index (χ0v) is 10.5. The number of esters is 1. The minimum atomic E-state index is -1.58. The van der Waals surface area contributed by atoms with Crippen molar-refractivity contribution in [2.45, 2.75) is 12.5 Å². The number of primary amides is 1. The van der Waals surface area contributed by atoms with Crippen LogP contribution in [-0.4, -0.2) is 25.3 Å². The van der Waals surface area contributed by atoms with Crippen LogP contribution in [-0.2, 0) is 19.8 Å². The first-order valence-corrected chi connectivity index (χ1v) is 5.33. The predicted octanol–water partition coefficient (Wildman–Crippen LogP) is 0.880. The number of amides is 2. The summed E-state index contributed by atoms with van der Waals surface area (Å²) in [5, 5.41) is 2.26. The number of carbonyl (C=O) groups is 3. The SMILES string of the molecule is COC(=O)OC(=O)C(C)(NC(N)=O)c1ccccc1. The maximum Gasteiger partial charge on any atom is 0.515 e. The lowest BCUT2D eigenvalue weighted by Crippen LogP contribution is -2.52. The Morgan fingerprint density at radius 3 is 2.26 bits per heavy atom. The Kier molecular flexibility index (Phi) is 4.46. The molecule has 7 nitrogen and oxygen atoms in total. The van der Waals surface area contributed by atoms with Crippen molar-refractivity contribution in [2.24, 2.45) is 5.73 Å². The second-order valence-electron chi connectivity index (χ2n) is 3.82. The number of carbonyl (C=O) groups excluding carboxylic acids is 3. The number of hydrogen-bond donors (Lipinski definition) is 2. The molecule has 0 saturated carbocycles. The molecule has 0 aliphatic heterocycles. The molecule has 0 bridgehead atoms. The number of urea groups is 1. The molecular weight excluding hydrogens is 252 g/mol. The lowest BCUT2D eigenvalue weighted by Gasteiger charge is -2.27. The average molecular weight is 266 g/mol. The van der Waals surface area contributed by atoms with Crippen molar-refractivity contribution in [3.05, 3.63) is 35.9 Å². The average Bonchev–Trinajstić information content (AvgIpc) is 2.38. The first-order valence-electron chi connectivity index (χ1n) is 5.33. The maximum absolute atomic E-state index is 12.0. The highest BCUT2D eigenvalue weighted by molar-refractivity contribution is 5.92.